The number of amides is 1. The molecule has 4 atom stereocenters. The number of rotatable bonds is 9. The lowest BCUT2D eigenvalue weighted by molar-refractivity contribution is -0.126. The highest BCUT2D eigenvalue weighted by Crippen LogP contribution is 2.42. The zero-order chi connectivity index (χ0) is 36.7. The number of carbonyl (C=O) groups excluding carboxylic acids is 1. The molecule has 15 heteroatoms. The summed E-state index contributed by atoms with van der Waals surface area (Å²) in [5.41, 5.74) is 2.03. The van der Waals surface area contributed by atoms with Crippen molar-refractivity contribution in [3.8, 4) is 0 Å². The largest absolute Gasteiger partial charge is 0.381 e. The first-order valence-corrected chi connectivity index (χ1v) is 20.6. The van der Waals surface area contributed by atoms with Crippen molar-refractivity contribution in [3.05, 3.63) is 54.9 Å². The topological polar surface area (TPSA) is 133 Å². The highest BCUT2D eigenvalue weighted by Gasteiger charge is 2.45. The Balaban J connectivity index is 1.06. The predicted octanol–water partition coefficient (Wildman–Crippen LogP) is 3.90. The Bertz CT molecular complexity index is 1940. The molecule has 0 saturated carbocycles. The van der Waals surface area contributed by atoms with Gasteiger partial charge in [0.15, 0.2) is 9.84 Å². The molecule has 0 bridgehead atoms. The fourth-order valence-electron chi connectivity index (χ4n) is 8.99. The number of methoxy groups -OCH3 is 1. The molecule has 0 spiro atoms. The van der Waals surface area contributed by atoms with E-state index < -0.39 is 22.1 Å². The number of piperidine rings is 1. The van der Waals surface area contributed by atoms with Gasteiger partial charge >= 0.3 is 0 Å². The van der Waals surface area contributed by atoms with E-state index in [4.69, 9.17) is 19.4 Å². The first kappa shape index (κ1) is 36.1. The Hall–Kier alpha value is -3.92. The molecule has 284 valence electrons. The van der Waals surface area contributed by atoms with Gasteiger partial charge in [-0.2, -0.15) is 4.98 Å². The number of nitrogens with one attached hydrogen (secondary N) is 1. The van der Waals surface area contributed by atoms with Gasteiger partial charge in [-0.1, -0.05) is 12.6 Å². The molecular formula is C38H49FN8O5S. The molecule has 1 aromatic carbocycles. The summed E-state index contributed by atoms with van der Waals surface area (Å²) in [5.74, 6) is 1.70. The Labute approximate surface area is 310 Å². The summed E-state index contributed by atoms with van der Waals surface area (Å²) < 4.78 is 52.3. The number of carbonyl (C=O) groups is 1. The maximum atomic E-state index is 14.7. The SMILES string of the molecule is C=CC(=O)N1CCC[C@H]1c1ccc(N2CC([C@@H]3CN(C4CCOCC4)CCS3(=O)=O)C2)c2cnc(Nc3ccnc(N4CC[C@@H](OC)[C@@H](F)C4)n3)cc12. The molecule has 2 aromatic heterocycles. The number of nitrogens with zero attached hydrogens (tertiary/aromatic N) is 7. The molecule has 0 radical (unpaired) electrons. The van der Waals surface area contributed by atoms with Crippen LogP contribution in [-0.2, 0) is 24.1 Å². The number of benzene rings is 1. The van der Waals surface area contributed by atoms with E-state index in [1.807, 2.05) is 22.1 Å². The zero-order valence-corrected chi connectivity index (χ0v) is 31.1. The lowest BCUT2D eigenvalue weighted by Gasteiger charge is -2.48. The Kier molecular flexibility index (Phi) is 10.3. The van der Waals surface area contributed by atoms with E-state index in [1.165, 1.54) is 13.2 Å². The third-order valence-corrected chi connectivity index (χ3v) is 14.2. The molecule has 13 nitrogen and oxygen atoms in total. The number of ether oxygens (including phenoxy) is 2. The van der Waals surface area contributed by atoms with Crippen LogP contribution in [0, 0.1) is 5.92 Å². The van der Waals surface area contributed by atoms with Gasteiger partial charge in [-0.3, -0.25) is 9.69 Å². The van der Waals surface area contributed by atoms with Gasteiger partial charge in [-0.15, -0.1) is 0 Å². The molecule has 1 N–H and O–H groups in total. The van der Waals surface area contributed by atoms with Gasteiger partial charge in [0.2, 0.25) is 11.9 Å². The smallest absolute Gasteiger partial charge is 0.246 e. The number of halogens is 1. The Morgan fingerprint density at radius 3 is 2.60 bits per heavy atom. The molecule has 8 rings (SSSR count). The number of aromatic nitrogens is 3. The van der Waals surface area contributed by atoms with E-state index >= 15 is 0 Å². The molecule has 3 aromatic rings. The van der Waals surface area contributed by atoms with Crippen LogP contribution in [0.15, 0.2) is 49.3 Å². The lowest BCUT2D eigenvalue weighted by Crippen LogP contribution is -2.61. The molecule has 0 unspecified atom stereocenters. The monoisotopic (exact) mass is 748 g/mol. The molecular weight excluding hydrogens is 700 g/mol. The van der Waals surface area contributed by atoms with Crippen LogP contribution in [0.1, 0.15) is 43.7 Å². The van der Waals surface area contributed by atoms with Crippen LogP contribution in [0.5, 0.6) is 0 Å². The highest BCUT2D eigenvalue weighted by molar-refractivity contribution is 7.92. The Morgan fingerprint density at radius 1 is 1.00 bits per heavy atom. The third-order valence-electron chi connectivity index (χ3n) is 12.0. The van der Waals surface area contributed by atoms with Crippen molar-refractivity contribution in [2.75, 3.05) is 87.0 Å². The number of fused-ring (bicyclic) bond motifs is 1. The van der Waals surface area contributed by atoms with E-state index in [0.29, 0.717) is 69.3 Å². The molecule has 0 aliphatic carbocycles. The van der Waals surface area contributed by atoms with Crippen LogP contribution in [0.25, 0.3) is 10.8 Å². The van der Waals surface area contributed by atoms with E-state index in [2.05, 4.69) is 38.8 Å². The number of hydrogen-bond acceptors (Lipinski definition) is 12. The van der Waals surface area contributed by atoms with Crippen molar-refractivity contribution in [2.24, 2.45) is 5.92 Å². The third kappa shape index (κ3) is 7.20. The average molecular weight is 749 g/mol. The van der Waals surface area contributed by atoms with Crippen molar-refractivity contribution in [2.45, 2.75) is 61.7 Å². The number of anilines is 4. The van der Waals surface area contributed by atoms with Crippen LogP contribution in [-0.4, -0.2) is 135 Å². The van der Waals surface area contributed by atoms with Gasteiger partial charge in [0.1, 0.15) is 17.8 Å². The standard InChI is InChI=1S/C38H49FN8O5S/c1-3-37(48)47-13-4-5-32(47)27-6-7-31(46-21-25(22-46)34-24-44(15-18-53(34,49)50)26-10-16-52-17-11-26)29-20-41-36(19-28(27)29)42-35-8-12-40-38(43-35)45-14-9-33(51-2)30(39)23-45/h3,6-8,12,19-20,25-26,30,32-34H,1,4-5,9-11,13-18,21-24H2,2H3,(H,40,41,42,43)/t30-,32-,33+,34-/m0/s1. The van der Waals surface area contributed by atoms with E-state index in [9.17, 15) is 17.6 Å². The Morgan fingerprint density at radius 2 is 1.83 bits per heavy atom. The zero-order valence-electron chi connectivity index (χ0n) is 30.3. The summed E-state index contributed by atoms with van der Waals surface area (Å²) in [7, 11) is -1.66. The van der Waals surface area contributed by atoms with Crippen molar-refractivity contribution >= 4 is 49.8 Å². The summed E-state index contributed by atoms with van der Waals surface area (Å²) in [6, 6.07) is 8.24. The van der Waals surface area contributed by atoms with Crippen LogP contribution in [0.4, 0.5) is 27.7 Å². The minimum absolute atomic E-state index is 0.0433. The van der Waals surface area contributed by atoms with Crippen LogP contribution < -0.4 is 15.1 Å². The first-order valence-electron chi connectivity index (χ1n) is 18.9. The minimum Gasteiger partial charge on any atom is -0.381 e. The van der Waals surface area contributed by atoms with Gasteiger partial charge in [-0.05, 0) is 67.3 Å². The number of hydrogen-bond donors (Lipinski definition) is 1. The van der Waals surface area contributed by atoms with Crippen molar-refractivity contribution in [1.82, 2.24) is 24.8 Å². The summed E-state index contributed by atoms with van der Waals surface area (Å²) in [6.07, 6.45) is 7.50. The van der Waals surface area contributed by atoms with Crippen LogP contribution >= 0.6 is 0 Å². The summed E-state index contributed by atoms with van der Waals surface area (Å²) >= 11 is 0. The van der Waals surface area contributed by atoms with Gasteiger partial charge in [-0.25, -0.2) is 22.8 Å². The molecule has 7 heterocycles. The number of sulfone groups is 1. The minimum atomic E-state index is -3.19. The van der Waals surface area contributed by atoms with E-state index in [1.54, 1.807) is 12.3 Å². The second-order valence-corrected chi connectivity index (χ2v) is 17.3. The van der Waals surface area contributed by atoms with Gasteiger partial charge in [0.25, 0.3) is 0 Å². The molecule has 5 aliphatic rings. The van der Waals surface area contributed by atoms with Crippen molar-refractivity contribution in [3.63, 3.8) is 0 Å². The van der Waals surface area contributed by atoms with Gasteiger partial charge in [0.05, 0.1) is 29.7 Å². The maximum absolute atomic E-state index is 14.7. The average Bonchev–Trinajstić information content (AvgIpc) is 3.65. The second kappa shape index (κ2) is 15.1. The molecule has 5 saturated heterocycles. The first-order chi connectivity index (χ1) is 25.7. The molecule has 1 amide bonds. The van der Waals surface area contributed by atoms with Crippen LogP contribution in [0.2, 0.25) is 0 Å². The fraction of sp³-hybridized carbons (Fsp3) is 0.579. The van der Waals surface area contributed by atoms with E-state index in [-0.39, 0.29) is 35.4 Å². The maximum Gasteiger partial charge on any atom is 0.246 e. The quantitative estimate of drug-likeness (QED) is 0.319. The van der Waals surface area contributed by atoms with Crippen LogP contribution in [0.3, 0.4) is 0 Å². The fourth-order valence-corrected chi connectivity index (χ4v) is 11.0. The molecule has 5 aliphatic heterocycles. The summed E-state index contributed by atoms with van der Waals surface area (Å²) in [6.45, 7) is 9.09. The van der Waals surface area contributed by atoms with Crippen molar-refractivity contribution in [1.29, 1.82) is 0 Å². The van der Waals surface area contributed by atoms with E-state index in [0.717, 1.165) is 60.9 Å². The lowest BCUT2D eigenvalue weighted by atomic mass is 9.91. The predicted molar refractivity (Wildman–Crippen MR) is 202 cm³/mol. The summed E-state index contributed by atoms with van der Waals surface area (Å²) in [5, 5.41) is 4.86. The number of pyridine rings is 1. The highest BCUT2D eigenvalue weighted by atomic mass is 32.2. The molecule has 53 heavy (non-hydrogen) atoms. The molecule has 5 fully saturated rings. The van der Waals surface area contributed by atoms with Gasteiger partial charge < -0.3 is 29.5 Å². The van der Waals surface area contributed by atoms with Crippen molar-refractivity contribution < 1.29 is 27.1 Å². The normalized spacial score (nSPS) is 27.2. The number of likely N-dealkylation sites (tertiary alicyclic amines) is 1. The summed E-state index contributed by atoms with van der Waals surface area (Å²) in [4.78, 5) is 35.2. The number of alkyl halides is 1. The second-order valence-electron chi connectivity index (χ2n) is 15.0. The van der Waals surface area contributed by atoms with Gasteiger partial charge in [0, 0.05) is 95.0 Å².